The van der Waals surface area contributed by atoms with Crippen LogP contribution in [0.5, 0.6) is 11.5 Å². The van der Waals surface area contributed by atoms with Gasteiger partial charge in [-0.15, -0.1) is 0 Å². The van der Waals surface area contributed by atoms with Crippen molar-refractivity contribution in [2.75, 3.05) is 6.61 Å². The standard InChI is InChI=1S/C22H29NO3/c1-6-25-19-9-7-8-18(13-19)14-23-22(24)17(5)26-21-12-16(4)10-11-20(21)15(2)3/h7-13,15,17H,6,14H2,1-5H3,(H,23,24)/t17-/m1/s1. The zero-order chi connectivity index (χ0) is 19.1. The van der Waals surface area contributed by atoms with Crippen LogP contribution in [-0.2, 0) is 11.3 Å². The summed E-state index contributed by atoms with van der Waals surface area (Å²) in [5.41, 5.74) is 3.22. The van der Waals surface area contributed by atoms with Gasteiger partial charge in [0.05, 0.1) is 6.61 Å². The Morgan fingerprint density at radius 2 is 1.88 bits per heavy atom. The van der Waals surface area contributed by atoms with Crippen molar-refractivity contribution in [3.05, 3.63) is 59.2 Å². The van der Waals surface area contributed by atoms with Crippen molar-refractivity contribution >= 4 is 5.91 Å². The third-order valence-electron chi connectivity index (χ3n) is 4.14. The van der Waals surface area contributed by atoms with Crippen molar-refractivity contribution in [1.82, 2.24) is 5.32 Å². The molecular formula is C22H29NO3. The predicted octanol–water partition coefficient (Wildman–Crippen LogP) is 4.60. The molecule has 26 heavy (non-hydrogen) atoms. The Labute approximate surface area is 156 Å². The summed E-state index contributed by atoms with van der Waals surface area (Å²) in [6.07, 6.45) is -0.565. The molecule has 0 unspecified atom stereocenters. The van der Waals surface area contributed by atoms with Crippen LogP contribution in [0.4, 0.5) is 0 Å². The van der Waals surface area contributed by atoms with Crippen LogP contribution in [0.2, 0.25) is 0 Å². The molecule has 0 aromatic heterocycles. The smallest absolute Gasteiger partial charge is 0.261 e. The first-order chi connectivity index (χ1) is 12.4. The molecule has 1 amide bonds. The summed E-state index contributed by atoms with van der Waals surface area (Å²) in [7, 11) is 0. The minimum Gasteiger partial charge on any atom is -0.494 e. The number of rotatable bonds is 8. The molecule has 2 aromatic carbocycles. The van der Waals surface area contributed by atoms with Gasteiger partial charge in [0.2, 0.25) is 0 Å². The minimum atomic E-state index is -0.565. The molecule has 0 saturated carbocycles. The maximum Gasteiger partial charge on any atom is 0.261 e. The fourth-order valence-electron chi connectivity index (χ4n) is 2.71. The van der Waals surface area contributed by atoms with Crippen LogP contribution in [0.15, 0.2) is 42.5 Å². The van der Waals surface area contributed by atoms with E-state index in [4.69, 9.17) is 9.47 Å². The lowest BCUT2D eigenvalue weighted by Gasteiger charge is -2.19. The first-order valence-electron chi connectivity index (χ1n) is 9.17. The van der Waals surface area contributed by atoms with Crippen LogP contribution < -0.4 is 14.8 Å². The summed E-state index contributed by atoms with van der Waals surface area (Å²) < 4.78 is 11.5. The summed E-state index contributed by atoms with van der Waals surface area (Å²) in [4.78, 5) is 12.4. The van der Waals surface area contributed by atoms with Gasteiger partial charge in [0, 0.05) is 6.54 Å². The number of benzene rings is 2. The Bertz CT molecular complexity index is 740. The van der Waals surface area contributed by atoms with Crippen LogP contribution in [0, 0.1) is 6.92 Å². The average Bonchev–Trinajstić information content (AvgIpc) is 2.60. The van der Waals surface area contributed by atoms with E-state index in [0.717, 1.165) is 28.2 Å². The van der Waals surface area contributed by atoms with E-state index < -0.39 is 6.10 Å². The van der Waals surface area contributed by atoms with Crippen molar-refractivity contribution < 1.29 is 14.3 Å². The summed E-state index contributed by atoms with van der Waals surface area (Å²) in [6, 6.07) is 13.9. The third kappa shape index (κ3) is 5.51. The van der Waals surface area contributed by atoms with Crippen LogP contribution >= 0.6 is 0 Å². The molecule has 4 heteroatoms. The monoisotopic (exact) mass is 355 g/mol. The number of aryl methyl sites for hydroxylation is 1. The van der Waals surface area contributed by atoms with Gasteiger partial charge in [0.15, 0.2) is 6.10 Å². The van der Waals surface area contributed by atoms with Gasteiger partial charge in [-0.05, 0) is 61.6 Å². The zero-order valence-electron chi connectivity index (χ0n) is 16.3. The van der Waals surface area contributed by atoms with Crippen LogP contribution in [0.3, 0.4) is 0 Å². The highest BCUT2D eigenvalue weighted by Gasteiger charge is 2.17. The van der Waals surface area contributed by atoms with Gasteiger partial charge in [-0.2, -0.15) is 0 Å². The van der Waals surface area contributed by atoms with Gasteiger partial charge in [-0.3, -0.25) is 4.79 Å². The number of hydrogen-bond donors (Lipinski definition) is 1. The fourth-order valence-corrected chi connectivity index (χ4v) is 2.71. The Balaban J connectivity index is 1.98. The van der Waals surface area contributed by atoms with Gasteiger partial charge in [-0.1, -0.05) is 38.1 Å². The van der Waals surface area contributed by atoms with Gasteiger partial charge < -0.3 is 14.8 Å². The van der Waals surface area contributed by atoms with Crippen LogP contribution in [-0.4, -0.2) is 18.6 Å². The molecule has 4 nitrogen and oxygen atoms in total. The molecule has 1 atom stereocenters. The topological polar surface area (TPSA) is 47.6 Å². The lowest BCUT2D eigenvalue weighted by atomic mass is 10.0. The normalized spacial score (nSPS) is 11.9. The molecule has 2 aromatic rings. The second-order valence-electron chi connectivity index (χ2n) is 6.75. The SMILES string of the molecule is CCOc1cccc(CNC(=O)[C@@H](C)Oc2cc(C)ccc2C(C)C)c1. The second-order valence-corrected chi connectivity index (χ2v) is 6.75. The highest BCUT2D eigenvalue weighted by molar-refractivity contribution is 5.80. The van der Waals surface area contributed by atoms with Gasteiger partial charge in [-0.25, -0.2) is 0 Å². The van der Waals surface area contributed by atoms with Crippen LogP contribution in [0.25, 0.3) is 0 Å². The van der Waals surface area contributed by atoms with Crippen molar-refractivity contribution in [2.45, 2.75) is 53.2 Å². The zero-order valence-corrected chi connectivity index (χ0v) is 16.3. The predicted molar refractivity (Wildman–Crippen MR) is 105 cm³/mol. The maximum absolute atomic E-state index is 12.4. The summed E-state index contributed by atoms with van der Waals surface area (Å²) in [5, 5.41) is 2.93. The minimum absolute atomic E-state index is 0.136. The highest BCUT2D eigenvalue weighted by atomic mass is 16.5. The Morgan fingerprint density at radius 1 is 1.12 bits per heavy atom. The molecule has 0 aliphatic rings. The average molecular weight is 355 g/mol. The number of hydrogen-bond acceptors (Lipinski definition) is 3. The van der Waals surface area contributed by atoms with Gasteiger partial charge in [0.1, 0.15) is 11.5 Å². The van der Waals surface area contributed by atoms with Gasteiger partial charge in [0.25, 0.3) is 5.91 Å². The van der Waals surface area contributed by atoms with Crippen LogP contribution in [0.1, 0.15) is 50.3 Å². The number of carbonyl (C=O) groups is 1. The van der Waals surface area contributed by atoms with E-state index >= 15 is 0 Å². The molecular weight excluding hydrogens is 326 g/mol. The number of carbonyl (C=O) groups excluding carboxylic acids is 1. The molecule has 0 heterocycles. The third-order valence-corrected chi connectivity index (χ3v) is 4.14. The van der Waals surface area contributed by atoms with Crippen molar-refractivity contribution in [3.8, 4) is 11.5 Å². The Morgan fingerprint density at radius 3 is 2.58 bits per heavy atom. The van der Waals surface area contributed by atoms with Crippen molar-refractivity contribution in [1.29, 1.82) is 0 Å². The molecule has 0 fully saturated rings. The highest BCUT2D eigenvalue weighted by Crippen LogP contribution is 2.28. The molecule has 140 valence electrons. The summed E-state index contributed by atoms with van der Waals surface area (Å²) in [6.45, 7) is 11.0. The van der Waals surface area contributed by atoms with E-state index in [1.54, 1.807) is 6.92 Å². The molecule has 2 rings (SSSR count). The molecule has 0 spiro atoms. The quantitative estimate of drug-likeness (QED) is 0.753. The fraction of sp³-hybridized carbons (Fsp3) is 0.409. The first-order valence-corrected chi connectivity index (χ1v) is 9.17. The molecule has 0 aliphatic heterocycles. The summed E-state index contributed by atoms with van der Waals surface area (Å²) >= 11 is 0. The van der Waals surface area contributed by atoms with E-state index in [2.05, 4.69) is 31.3 Å². The Hall–Kier alpha value is -2.49. The van der Waals surface area contributed by atoms with E-state index in [0.29, 0.717) is 19.1 Å². The molecule has 0 bridgehead atoms. The number of nitrogens with one attached hydrogen (secondary N) is 1. The van der Waals surface area contributed by atoms with E-state index in [9.17, 15) is 4.79 Å². The number of ether oxygens (including phenoxy) is 2. The van der Waals surface area contributed by atoms with E-state index in [1.165, 1.54) is 0 Å². The van der Waals surface area contributed by atoms with E-state index in [-0.39, 0.29) is 5.91 Å². The molecule has 0 saturated heterocycles. The van der Waals surface area contributed by atoms with E-state index in [1.807, 2.05) is 44.2 Å². The first kappa shape index (κ1) is 19.8. The summed E-state index contributed by atoms with van der Waals surface area (Å²) in [5.74, 6) is 1.79. The Kier molecular flexibility index (Phi) is 7.07. The molecule has 1 N–H and O–H groups in total. The largest absolute Gasteiger partial charge is 0.494 e. The lowest BCUT2D eigenvalue weighted by Crippen LogP contribution is -2.36. The molecule has 0 aliphatic carbocycles. The lowest BCUT2D eigenvalue weighted by molar-refractivity contribution is -0.127. The van der Waals surface area contributed by atoms with Gasteiger partial charge >= 0.3 is 0 Å². The number of amides is 1. The van der Waals surface area contributed by atoms with Crippen molar-refractivity contribution in [3.63, 3.8) is 0 Å². The molecule has 0 radical (unpaired) electrons. The van der Waals surface area contributed by atoms with Crippen molar-refractivity contribution in [2.24, 2.45) is 0 Å². The second kappa shape index (κ2) is 9.27. The maximum atomic E-state index is 12.4.